The SMILES string of the molecule is C=COC(=O)CCCC(=O)OC[C@H]1O[C@@H](Oc2ccccc2)[C@H](O)[C@@H](O)[C@@H]1O. The number of rotatable bonds is 9. The number of hydrogen-bond donors (Lipinski definition) is 3. The molecular weight excluding hydrogens is 372 g/mol. The molecule has 0 saturated carbocycles. The summed E-state index contributed by atoms with van der Waals surface area (Å²) in [6, 6.07) is 8.50. The van der Waals surface area contributed by atoms with Crippen LogP contribution < -0.4 is 4.74 Å². The van der Waals surface area contributed by atoms with Crippen LogP contribution in [0.5, 0.6) is 5.75 Å². The molecule has 0 spiro atoms. The minimum Gasteiger partial charge on any atom is -0.463 e. The Kier molecular flexibility index (Phi) is 8.40. The van der Waals surface area contributed by atoms with Crippen LogP contribution in [-0.4, -0.2) is 64.6 Å². The van der Waals surface area contributed by atoms with Crippen molar-refractivity contribution < 1.29 is 43.9 Å². The summed E-state index contributed by atoms with van der Waals surface area (Å²) < 4.78 is 20.5. The average Bonchev–Trinajstić information content (AvgIpc) is 2.68. The van der Waals surface area contributed by atoms with Gasteiger partial charge in [-0.3, -0.25) is 9.59 Å². The number of esters is 2. The van der Waals surface area contributed by atoms with Gasteiger partial charge in [0.25, 0.3) is 0 Å². The highest BCUT2D eigenvalue weighted by Crippen LogP contribution is 2.24. The summed E-state index contributed by atoms with van der Waals surface area (Å²) in [5.74, 6) is -0.715. The third kappa shape index (κ3) is 6.31. The van der Waals surface area contributed by atoms with Crippen LogP contribution >= 0.6 is 0 Å². The zero-order valence-corrected chi connectivity index (χ0v) is 15.2. The lowest BCUT2D eigenvalue weighted by Crippen LogP contribution is -2.60. The first-order chi connectivity index (χ1) is 13.4. The molecule has 0 bridgehead atoms. The number of ether oxygens (including phenoxy) is 4. The fraction of sp³-hybridized carbons (Fsp3) is 0.474. The zero-order chi connectivity index (χ0) is 20.5. The van der Waals surface area contributed by atoms with Crippen LogP contribution in [0.4, 0.5) is 0 Å². The summed E-state index contributed by atoms with van der Waals surface area (Å²) in [5.41, 5.74) is 0. The van der Waals surface area contributed by atoms with Crippen LogP contribution in [0, 0.1) is 0 Å². The average molecular weight is 396 g/mol. The van der Waals surface area contributed by atoms with Gasteiger partial charge in [0.1, 0.15) is 36.8 Å². The molecular formula is C19H24O9. The Hall–Kier alpha value is -2.46. The van der Waals surface area contributed by atoms with E-state index in [4.69, 9.17) is 14.2 Å². The Morgan fingerprint density at radius 2 is 1.71 bits per heavy atom. The number of aliphatic hydroxyl groups excluding tert-OH is 3. The van der Waals surface area contributed by atoms with E-state index < -0.39 is 42.6 Å². The molecule has 0 unspecified atom stereocenters. The Balaban J connectivity index is 1.83. The Morgan fingerprint density at radius 3 is 2.39 bits per heavy atom. The fourth-order valence-corrected chi connectivity index (χ4v) is 2.56. The third-order valence-corrected chi connectivity index (χ3v) is 4.05. The van der Waals surface area contributed by atoms with Gasteiger partial charge in [-0.25, -0.2) is 0 Å². The van der Waals surface area contributed by atoms with Gasteiger partial charge in [-0.2, -0.15) is 0 Å². The number of benzene rings is 1. The second-order valence-corrected chi connectivity index (χ2v) is 6.14. The van der Waals surface area contributed by atoms with E-state index in [0.29, 0.717) is 5.75 Å². The van der Waals surface area contributed by atoms with Crippen LogP contribution in [0.15, 0.2) is 43.2 Å². The highest BCUT2D eigenvalue weighted by molar-refractivity contribution is 5.72. The van der Waals surface area contributed by atoms with Crippen molar-refractivity contribution in [1.29, 1.82) is 0 Å². The van der Waals surface area contributed by atoms with Gasteiger partial charge >= 0.3 is 11.9 Å². The summed E-state index contributed by atoms with van der Waals surface area (Å²) in [6.07, 6.45) is -5.62. The molecule has 5 atom stereocenters. The molecule has 154 valence electrons. The Labute approximate surface area is 162 Å². The highest BCUT2D eigenvalue weighted by atomic mass is 16.7. The molecule has 1 aliphatic heterocycles. The smallest absolute Gasteiger partial charge is 0.310 e. The number of hydrogen-bond acceptors (Lipinski definition) is 9. The van der Waals surface area contributed by atoms with E-state index in [1.807, 2.05) is 0 Å². The molecule has 1 saturated heterocycles. The maximum Gasteiger partial charge on any atom is 0.310 e. The van der Waals surface area contributed by atoms with E-state index in [0.717, 1.165) is 6.26 Å². The van der Waals surface area contributed by atoms with Crippen molar-refractivity contribution in [2.45, 2.75) is 50.0 Å². The molecule has 28 heavy (non-hydrogen) atoms. The van der Waals surface area contributed by atoms with Crippen molar-refractivity contribution in [3.8, 4) is 5.75 Å². The molecule has 9 heteroatoms. The number of aliphatic hydroxyl groups is 3. The van der Waals surface area contributed by atoms with Gasteiger partial charge in [0.05, 0.1) is 6.26 Å². The lowest BCUT2D eigenvalue weighted by molar-refractivity contribution is -0.278. The lowest BCUT2D eigenvalue weighted by atomic mass is 9.99. The van der Waals surface area contributed by atoms with E-state index in [9.17, 15) is 24.9 Å². The van der Waals surface area contributed by atoms with Crippen LogP contribution in [-0.2, 0) is 23.8 Å². The molecule has 9 nitrogen and oxygen atoms in total. The largest absolute Gasteiger partial charge is 0.463 e. The van der Waals surface area contributed by atoms with Gasteiger partial charge in [-0.05, 0) is 18.6 Å². The number of carbonyl (C=O) groups excluding carboxylic acids is 2. The minimum absolute atomic E-state index is 0.0293. The van der Waals surface area contributed by atoms with Crippen molar-refractivity contribution in [2.24, 2.45) is 0 Å². The molecule has 2 rings (SSSR count). The van der Waals surface area contributed by atoms with E-state index in [2.05, 4.69) is 11.3 Å². The topological polar surface area (TPSA) is 132 Å². The number of para-hydroxylation sites is 1. The van der Waals surface area contributed by atoms with E-state index >= 15 is 0 Å². The van der Waals surface area contributed by atoms with E-state index in [1.165, 1.54) is 0 Å². The summed E-state index contributed by atoms with van der Waals surface area (Å²) in [4.78, 5) is 22.9. The van der Waals surface area contributed by atoms with Crippen LogP contribution in [0.2, 0.25) is 0 Å². The summed E-state index contributed by atoms with van der Waals surface area (Å²) in [7, 11) is 0. The van der Waals surface area contributed by atoms with Crippen molar-refractivity contribution in [2.75, 3.05) is 6.61 Å². The lowest BCUT2D eigenvalue weighted by Gasteiger charge is -2.39. The molecule has 1 aromatic carbocycles. The van der Waals surface area contributed by atoms with Gasteiger partial charge in [0, 0.05) is 12.8 Å². The maximum atomic E-state index is 11.8. The second-order valence-electron chi connectivity index (χ2n) is 6.14. The van der Waals surface area contributed by atoms with Gasteiger partial charge in [-0.15, -0.1) is 0 Å². The van der Waals surface area contributed by atoms with Gasteiger partial charge in [0.15, 0.2) is 0 Å². The molecule has 1 aliphatic rings. The second kappa shape index (κ2) is 10.8. The molecule has 0 amide bonds. The molecule has 0 aliphatic carbocycles. The van der Waals surface area contributed by atoms with Gasteiger partial charge in [0.2, 0.25) is 6.29 Å². The predicted octanol–water partition coefficient (Wildman–Crippen LogP) is 0.273. The third-order valence-electron chi connectivity index (χ3n) is 4.05. The van der Waals surface area contributed by atoms with Crippen molar-refractivity contribution >= 4 is 11.9 Å². The summed E-state index contributed by atoms with van der Waals surface area (Å²) in [6.45, 7) is 2.90. The quantitative estimate of drug-likeness (QED) is 0.397. The molecule has 1 heterocycles. The monoisotopic (exact) mass is 396 g/mol. The molecule has 1 aromatic rings. The standard InChI is InChI=1S/C19H24O9/c1-2-25-14(20)9-6-10-15(21)26-11-13-16(22)17(23)18(24)19(28-13)27-12-7-4-3-5-8-12/h2-5,7-8,13,16-19,22-24H,1,6,9-11H2/t13-,16-,17+,18-,19-/m1/s1. The van der Waals surface area contributed by atoms with Crippen LogP contribution in [0.3, 0.4) is 0 Å². The van der Waals surface area contributed by atoms with Gasteiger partial charge < -0.3 is 34.3 Å². The van der Waals surface area contributed by atoms with E-state index in [1.54, 1.807) is 30.3 Å². The van der Waals surface area contributed by atoms with E-state index in [-0.39, 0.29) is 25.9 Å². The zero-order valence-electron chi connectivity index (χ0n) is 15.2. The summed E-state index contributed by atoms with van der Waals surface area (Å²) in [5, 5.41) is 30.1. The van der Waals surface area contributed by atoms with Gasteiger partial charge in [-0.1, -0.05) is 24.8 Å². The molecule has 0 radical (unpaired) electrons. The normalized spacial score (nSPS) is 26.9. The van der Waals surface area contributed by atoms with Crippen molar-refractivity contribution in [3.05, 3.63) is 43.2 Å². The van der Waals surface area contributed by atoms with Crippen molar-refractivity contribution in [1.82, 2.24) is 0 Å². The fourth-order valence-electron chi connectivity index (χ4n) is 2.56. The first-order valence-electron chi connectivity index (χ1n) is 8.79. The Bertz CT molecular complexity index is 648. The molecule has 3 N–H and O–H groups in total. The predicted molar refractivity (Wildman–Crippen MR) is 94.9 cm³/mol. The first kappa shape index (κ1) is 21.8. The Morgan fingerprint density at radius 1 is 1.04 bits per heavy atom. The minimum atomic E-state index is -1.54. The number of carbonyl (C=O) groups is 2. The molecule has 1 fully saturated rings. The maximum absolute atomic E-state index is 11.8. The van der Waals surface area contributed by atoms with Crippen LogP contribution in [0.1, 0.15) is 19.3 Å². The summed E-state index contributed by atoms with van der Waals surface area (Å²) >= 11 is 0. The van der Waals surface area contributed by atoms with Crippen LogP contribution in [0.25, 0.3) is 0 Å². The molecule has 0 aromatic heterocycles. The highest BCUT2D eigenvalue weighted by Gasteiger charge is 2.45. The first-order valence-corrected chi connectivity index (χ1v) is 8.79. The van der Waals surface area contributed by atoms with Crippen molar-refractivity contribution in [3.63, 3.8) is 0 Å².